The van der Waals surface area contributed by atoms with Crippen molar-refractivity contribution < 1.29 is 23.5 Å². The van der Waals surface area contributed by atoms with E-state index >= 15 is 0 Å². The molecule has 0 saturated heterocycles. The van der Waals surface area contributed by atoms with Crippen LogP contribution in [0.25, 0.3) is 0 Å². The van der Waals surface area contributed by atoms with Crippen LogP contribution in [0, 0.1) is 5.92 Å². The molecular formula is C28H30N2O5. The molecule has 0 aliphatic heterocycles. The zero-order valence-electron chi connectivity index (χ0n) is 20.4. The molecule has 1 saturated carbocycles. The number of ether oxygens (including phenoxy) is 2. The van der Waals surface area contributed by atoms with Crippen molar-refractivity contribution >= 4 is 18.1 Å². The summed E-state index contributed by atoms with van der Waals surface area (Å²) in [5.41, 5.74) is 5.90. The Kier molecular flexibility index (Phi) is 7.05. The SMILES string of the molecule is CCOc1cc(/C=N/NC(=O)[C@@H]2C[C@H]2c2ccc(C(C)(C)C)cc2)ccc1OC(=O)c1ccco1. The first-order valence-corrected chi connectivity index (χ1v) is 11.7. The average Bonchev–Trinajstić information content (AvgIpc) is 3.44. The molecule has 0 unspecified atom stereocenters. The summed E-state index contributed by atoms with van der Waals surface area (Å²) in [6, 6.07) is 16.7. The van der Waals surface area contributed by atoms with Gasteiger partial charge in [0.2, 0.25) is 11.7 Å². The lowest BCUT2D eigenvalue weighted by Crippen LogP contribution is -2.20. The van der Waals surface area contributed by atoms with Gasteiger partial charge in [0, 0.05) is 5.92 Å². The highest BCUT2D eigenvalue weighted by Gasteiger charge is 2.44. The van der Waals surface area contributed by atoms with E-state index < -0.39 is 5.97 Å². The summed E-state index contributed by atoms with van der Waals surface area (Å²) in [4.78, 5) is 24.7. The van der Waals surface area contributed by atoms with Gasteiger partial charge in [0.1, 0.15) is 0 Å². The van der Waals surface area contributed by atoms with Crippen LogP contribution in [0.4, 0.5) is 0 Å². The number of amides is 1. The van der Waals surface area contributed by atoms with E-state index in [-0.39, 0.29) is 34.7 Å². The average molecular weight is 475 g/mol. The summed E-state index contributed by atoms with van der Waals surface area (Å²) in [5.74, 6) is 0.208. The normalized spacial score (nSPS) is 17.3. The van der Waals surface area contributed by atoms with Crippen molar-refractivity contribution in [3.8, 4) is 11.5 Å². The second-order valence-electron chi connectivity index (χ2n) is 9.56. The van der Waals surface area contributed by atoms with E-state index in [4.69, 9.17) is 13.9 Å². The molecule has 1 amide bonds. The van der Waals surface area contributed by atoms with Crippen molar-refractivity contribution in [2.45, 2.75) is 45.4 Å². The van der Waals surface area contributed by atoms with Crippen LogP contribution in [-0.4, -0.2) is 24.7 Å². The molecule has 0 spiro atoms. The Bertz CT molecular complexity index is 1210. The fourth-order valence-corrected chi connectivity index (χ4v) is 3.84. The van der Waals surface area contributed by atoms with Crippen LogP contribution in [0.5, 0.6) is 11.5 Å². The second-order valence-corrected chi connectivity index (χ2v) is 9.56. The lowest BCUT2D eigenvalue weighted by molar-refractivity contribution is -0.122. The molecule has 0 bridgehead atoms. The molecule has 1 heterocycles. The summed E-state index contributed by atoms with van der Waals surface area (Å²) in [6.45, 7) is 8.79. The minimum Gasteiger partial charge on any atom is -0.490 e. The lowest BCUT2D eigenvalue weighted by Gasteiger charge is -2.19. The first-order valence-electron chi connectivity index (χ1n) is 11.7. The largest absolute Gasteiger partial charge is 0.490 e. The fourth-order valence-electron chi connectivity index (χ4n) is 3.84. The van der Waals surface area contributed by atoms with E-state index in [0.717, 1.165) is 6.42 Å². The number of hydrazone groups is 1. The summed E-state index contributed by atoms with van der Waals surface area (Å²) >= 11 is 0. The van der Waals surface area contributed by atoms with Gasteiger partial charge in [0.15, 0.2) is 11.5 Å². The van der Waals surface area contributed by atoms with Crippen molar-refractivity contribution in [1.82, 2.24) is 5.43 Å². The Balaban J connectivity index is 1.34. The van der Waals surface area contributed by atoms with Crippen molar-refractivity contribution in [2.75, 3.05) is 6.61 Å². The standard InChI is InChI=1S/C28H30N2O5/c1-5-33-25-15-18(8-13-23(25)35-27(32)24-7-6-14-34-24)17-29-30-26(31)22-16-21(22)19-9-11-20(12-10-19)28(2,3)4/h6-15,17,21-22H,5,16H2,1-4H3,(H,30,31)/b29-17+/t21-,22+/m0/s1. The molecule has 35 heavy (non-hydrogen) atoms. The van der Waals surface area contributed by atoms with Crippen molar-refractivity contribution in [1.29, 1.82) is 0 Å². The minimum absolute atomic E-state index is 0.0741. The smallest absolute Gasteiger partial charge is 0.379 e. The Morgan fingerprint density at radius 1 is 1.11 bits per heavy atom. The van der Waals surface area contributed by atoms with E-state index in [1.54, 1.807) is 24.3 Å². The summed E-state index contributed by atoms with van der Waals surface area (Å²) in [7, 11) is 0. The molecule has 1 aliphatic carbocycles. The van der Waals surface area contributed by atoms with Gasteiger partial charge in [-0.25, -0.2) is 10.2 Å². The summed E-state index contributed by atoms with van der Waals surface area (Å²) < 4.78 is 16.1. The van der Waals surface area contributed by atoms with Crippen LogP contribution in [0.3, 0.4) is 0 Å². The highest BCUT2D eigenvalue weighted by Crippen LogP contribution is 2.47. The van der Waals surface area contributed by atoms with Crippen LogP contribution < -0.4 is 14.9 Å². The minimum atomic E-state index is -0.614. The molecule has 2 aromatic carbocycles. The zero-order chi connectivity index (χ0) is 25.0. The first kappa shape index (κ1) is 24.3. The van der Waals surface area contributed by atoms with Gasteiger partial charge in [-0.2, -0.15) is 5.10 Å². The van der Waals surface area contributed by atoms with E-state index in [9.17, 15) is 9.59 Å². The highest BCUT2D eigenvalue weighted by molar-refractivity contribution is 5.89. The Labute approximate surface area is 205 Å². The number of carbonyl (C=O) groups excluding carboxylic acids is 2. The Morgan fingerprint density at radius 2 is 1.89 bits per heavy atom. The molecule has 1 N–H and O–H groups in total. The van der Waals surface area contributed by atoms with Gasteiger partial charge in [-0.15, -0.1) is 0 Å². The number of furan rings is 1. The number of nitrogens with one attached hydrogen (secondary N) is 1. The Hall–Kier alpha value is -3.87. The zero-order valence-corrected chi connectivity index (χ0v) is 20.4. The quantitative estimate of drug-likeness (QED) is 0.203. The second kappa shape index (κ2) is 10.2. The van der Waals surface area contributed by atoms with Gasteiger partial charge < -0.3 is 13.9 Å². The van der Waals surface area contributed by atoms with E-state index in [1.807, 2.05) is 6.92 Å². The Morgan fingerprint density at radius 3 is 2.54 bits per heavy atom. The highest BCUT2D eigenvalue weighted by atomic mass is 16.6. The number of rotatable bonds is 8. The molecule has 7 nitrogen and oxygen atoms in total. The maximum atomic E-state index is 12.5. The van der Waals surface area contributed by atoms with Crippen molar-refractivity contribution in [3.63, 3.8) is 0 Å². The number of nitrogens with zero attached hydrogens (tertiary/aromatic N) is 1. The third-order valence-electron chi connectivity index (χ3n) is 5.91. The maximum absolute atomic E-state index is 12.5. The molecule has 2 atom stereocenters. The monoisotopic (exact) mass is 474 g/mol. The third-order valence-corrected chi connectivity index (χ3v) is 5.91. The molecule has 0 radical (unpaired) electrons. The third kappa shape index (κ3) is 5.98. The molecule has 182 valence electrons. The van der Waals surface area contributed by atoms with Crippen LogP contribution in [0.1, 0.15) is 67.3 Å². The molecular weight excluding hydrogens is 444 g/mol. The summed E-state index contributed by atoms with van der Waals surface area (Å²) in [5, 5.41) is 4.11. The van der Waals surface area contributed by atoms with Gasteiger partial charge in [-0.1, -0.05) is 45.0 Å². The fraction of sp³-hybridized carbons (Fsp3) is 0.321. The molecule has 1 fully saturated rings. The van der Waals surface area contributed by atoms with Gasteiger partial charge in [0.05, 0.1) is 19.1 Å². The van der Waals surface area contributed by atoms with Crippen LogP contribution in [0.15, 0.2) is 70.4 Å². The predicted octanol–water partition coefficient (Wildman–Crippen LogP) is 5.45. The van der Waals surface area contributed by atoms with Crippen LogP contribution in [0.2, 0.25) is 0 Å². The van der Waals surface area contributed by atoms with Gasteiger partial charge >= 0.3 is 5.97 Å². The van der Waals surface area contributed by atoms with E-state index in [2.05, 4.69) is 55.6 Å². The van der Waals surface area contributed by atoms with E-state index in [0.29, 0.717) is 17.9 Å². The first-order chi connectivity index (χ1) is 16.8. The molecule has 7 heteroatoms. The number of hydrogen-bond acceptors (Lipinski definition) is 6. The number of esters is 1. The van der Waals surface area contributed by atoms with Crippen LogP contribution in [-0.2, 0) is 10.2 Å². The van der Waals surface area contributed by atoms with Crippen molar-refractivity contribution in [2.24, 2.45) is 11.0 Å². The van der Waals surface area contributed by atoms with Gasteiger partial charge in [-0.3, -0.25) is 4.79 Å². The predicted molar refractivity (Wildman–Crippen MR) is 133 cm³/mol. The molecule has 1 aliphatic rings. The number of carbonyl (C=O) groups is 2. The maximum Gasteiger partial charge on any atom is 0.379 e. The van der Waals surface area contributed by atoms with Gasteiger partial charge in [0.25, 0.3) is 0 Å². The molecule has 4 rings (SSSR count). The summed E-state index contributed by atoms with van der Waals surface area (Å²) in [6.07, 6.45) is 3.76. The molecule has 1 aromatic heterocycles. The van der Waals surface area contributed by atoms with Crippen LogP contribution >= 0.6 is 0 Å². The van der Waals surface area contributed by atoms with Gasteiger partial charge in [-0.05, 0) is 71.7 Å². The number of hydrogen-bond donors (Lipinski definition) is 1. The van der Waals surface area contributed by atoms with E-state index in [1.165, 1.54) is 29.7 Å². The lowest BCUT2D eigenvalue weighted by atomic mass is 9.86. The number of benzene rings is 2. The van der Waals surface area contributed by atoms with Crippen molar-refractivity contribution in [3.05, 3.63) is 83.3 Å². The topological polar surface area (TPSA) is 90.1 Å². The molecule has 3 aromatic rings.